The second-order valence-electron chi connectivity index (χ2n) is 4.45. The number of carbonyl (C=O) groups excluding carboxylic acids is 1. The molecule has 2 aromatic rings. The number of aromatic amines is 1. The van der Waals surface area contributed by atoms with Gasteiger partial charge in [0.2, 0.25) is 11.9 Å². The molecule has 7 heteroatoms. The summed E-state index contributed by atoms with van der Waals surface area (Å²) in [6, 6.07) is 0.118. The number of aryl methyl sites for hydroxylation is 1. The van der Waals surface area contributed by atoms with Gasteiger partial charge in [-0.1, -0.05) is 13.3 Å². The molecule has 7 nitrogen and oxygen atoms in total. The summed E-state index contributed by atoms with van der Waals surface area (Å²) in [6.45, 7) is 3.88. The Morgan fingerprint density at radius 1 is 1.58 bits per heavy atom. The molecule has 0 spiro atoms. The van der Waals surface area contributed by atoms with Crippen molar-refractivity contribution in [3.8, 4) is 0 Å². The van der Waals surface area contributed by atoms with Crippen LogP contribution >= 0.6 is 0 Å². The summed E-state index contributed by atoms with van der Waals surface area (Å²) >= 11 is 0. The van der Waals surface area contributed by atoms with Crippen molar-refractivity contribution in [2.75, 3.05) is 5.32 Å². The molecule has 1 atom stereocenters. The minimum atomic E-state index is -0.0915. The van der Waals surface area contributed by atoms with Crippen LogP contribution < -0.4 is 5.32 Å². The van der Waals surface area contributed by atoms with E-state index in [9.17, 15) is 4.79 Å². The van der Waals surface area contributed by atoms with Crippen molar-refractivity contribution in [2.45, 2.75) is 39.2 Å². The van der Waals surface area contributed by atoms with Gasteiger partial charge in [0, 0.05) is 24.9 Å². The van der Waals surface area contributed by atoms with Gasteiger partial charge in [-0.2, -0.15) is 4.98 Å². The molecule has 0 radical (unpaired) electrons. The average molecular weight is 262 g/mol. The minimum Gasteiger partial charge on any atom is -0.334 e. The summed E-state index contributed by atoms with van der Waals surface area (Å²) in [7, 11) is 0. The zero-order chi connectivity index (χ0) is 13.7. The molecule has 0 bridgehead atoms. The normalized spacial score (nSPS) is 12.3. The number of imidazole rings is 1. The lowest BCUT2D eigenvalue weighted by molar-refractivity contribution is -0.117. The van der Waals surface area contributed by atoms with Gasteiger partial charge in [-0.3, -0.25) is 15.2 Å². The topological polar surface area (TPSA) is 88.5 Å². The first-order valence-corrected chi connectivity index (χ1v) is 6.35. The zero-order valence-electron chi connectivity index (χ0n) is 11.1. The predicted octanol–water partition coefficient (Wildman–Crippen LogP) is 1.68. The molecule has 0 aliphatic carbocycles. The van der Waals surface area contributed by atoms with Gasteiger partial charge in [0.05, 0.1) is 6.33 Å². The number of rotatable bonds is 6. The highest BCUT2D eigenvalue weighted by molar-refractivity contribution is 5.89. The summed E-state index contributed by atoms with van der Waals surface area (Å²) in [5.41, 5.74) is 0. The zero-order valence-corrected chi connectivity index (χ0v) is 11.1. The molecule has 2 heterocycles. The third-order valence-electron chi connectivity index (χ3n) is 2.84. The van der Waals surface area contributed by atoms with E-state index in [4.69, 9.17) is 0 Å². The van der Waals surface area contributed by atoms with Crippen LogP contribution in [-0.4, -0.2) is 30.6 Å². The molecule has 0 aliphatic heterocycles. The maximum atomic E-state index is 12.0. The van der Waals surface area contributed by atoms with Crippen LogP contribution in [0.2, 0.25) is 0 Å². The van der Waals surface area contributed by atoms with Crippen molar-refractivity contribution >= 4 is 11.9 Å². The number of aromatic nitrogens is 5. The molecule has 102 valence electrons. The summed E-state index contributed by atoms with van der Waals surface area (Å²) in [5, 5.41) is 9.26. The van der Waals surface area contributed by atoms with Crippen molar-refractivity contribution in [1.82, 2.24) is 24.7 Å². The van der Waals surface area contributed by atoms with Gasteiger partial charge in [-0.25, -0.2) is 4.98 Å². The molecule has 2 N–H and O–H groups in total. The van der Waals surface area contributed by atoms with Crippen LogP contribution in [0.15, 0.2) is 18.7 Å². The first-order chi connectivity index (χ1) is 9.19. The third-order valence-corrected chi connectivity index (χ3v) is 2.84. The number of nitrogens with one attached hydrogen (secondary N) is 2. The Balaban J connectivity index is 1.95. The van der Waals surface area contributed by atoms with E-state index >= 15 is 0 Å². The lowest BCUT2D eigenvalue weighted by Gasteiger charge is -2.16. The number of anilines is 1. The summed E-state index contributed by atoms with van der Waals surface area (Å²) in [4.78, 5) is 20.0. The Morgan fingerprint density at radius 2 is 2.42 bits per heavy atom. The first-order valence-electron chi connectivity index (χ1n) is 6.35. The van der Waals surface area contributed by atoms with E-state index in [0.29, 0.717) is 18.2 Å². The predicted molar refractivity (Wildman–Crippen MR) is 70.5 cm³/mol. The minimum absolute atomic E-state index is 0.0915. The number of hydrogen-bond donors (Lipinski definition) is 2. The van der Waals surface area contributed by atoms with E-state index in [1.165, 1.54) is 0 Å². The molecule has 0 saturated heterocycles. The number of hydrogen-bond acceptors (Lipinski definition) is 4. The second kappa shape index (κ2) is 6.12. The fourth-order valence-electron chi connectivity index (χ4n) is 1.96. The van der Waals surface area contributed by atoms with E-state index in [0.717, 1.165) is 12.8 Å². The van der Waals surface area contributed by atoms with Crippen LogP contribution in [0.25, 0.3) is 0 Å². The number of H-pyrrole nitrogens is 1. The Bertz CT molecular complexity index is 518. The molecule has 1 unspecified atom stereocenters. The smallest absolute Gasteiger partial charge is 0.248 e. The van der Waals surface area contributed by atoms with Gasteiger partial charge in [-0.05, 0) is 13.3 Å². The standard InChI is InChI=1S/C12H18N6O/c1-3-4-10(18-6-5-13-8-18)7-11(19)15-12-14-9(2)16-17-12/h5-6,8,10H,3-4,7H2,1-2H3,(H2,14,15,16,17,19). The molecule has 0 aromatic carbocycles. The molecular formula is C12H18N6O. The maximum absolute atomic E-state index is 12.0. The summed E-state index contributed by atoms with van der Waals surface area (Å²) < 4.78 is 1.96. The molecule has 1 amide bonds. The SMILES string of the molecule is CCCC(CC(=O)Nc1n[nH]c(C)n1)n1ccnc1. The van der Waals surface area contributed by atoms with Crippen molar-refractivity contribution in [2.24, 2.45) is 0 Å². The maximum Gasteiger partial charge on any atom is 0.248 e. The van der Waals surface area contributed by atoms with Crippen molar-refractivity contribution in [3.05, 3.63) is 24.5 Å². The monoisotopic (exact) mass is 262 g/mol. The summed E-state index contributed by atoms with van der Waals surface area (Å²) in [5.74, 6) is 0.907. The Kier molecular flexibility index (Phi) is 4.27. The Hall–Kier alpha value is -2.18. The molecule has 2 rings (SSSR count). The van der Waals surface area contributed by atoms with Gasteiger partial charge in [0.25, 0.3) is 0 Å². The van der Waals surface area contributed by atoms with Crippen LogP contribution in [0.5, 0.6) is 0 Å². The van der Waals surface area contributed by atoms with Crippen LogP contribution in [0.1, 0.15) is 38.1 Å². The van der Waals surface area contributed by atoms with E-state index in [1.807, 2.05) is 10.8 Å². The van der Waals surface area contributed by atoms with Crippen molar-refractivity contribution < 1.29 is 4.79 Å². The molecular weight excluding hydrogens is 244 g/mol. The summed E-state index contributed by atoms with van der Waals surface area (Å²) in [6.07, 6.45) is 7.67. The molecule has 0 fully saturated rings. The quantitative estimate of drug-likeness (QED) is 0.829. The van der Waals surface area contributed by atoms with Crippen LogP contribution in [-0.2, 0) is 4.79 Å². The second-order valence-corrected chi connectivity index (χ2v) is 4.45. The van der Waals surface area contributed by atoms with Gasteiger partial charge in [0.1, 0.15) is 5.82 Å². The molecule has 19 heavy (non-hydrogen) atoms. The molecule has 0 saturated carbocycles. The van der Waals surface area contributed by atoms with Crippen molar-refractivity contribution in [3.63, 3.8) is 0 Å². The highest BCUT2D eigenvalue weighted by Crippen LogP contribution is 2.18. The van der Waals surface area contributed by atoms with Gasteiger partial charge < -0.3 is 4.57 Å². The van der Waals surface area contributed by atoms with E-state index in [-0.39, 0.29) is 11.9 Å². The van der Waals surface area contributed by atoms with Crippen LogP contribution in [0.3, 0.4) is 0 Å². The highest BCUT2D eigenvalue weighted by atomic mass is 16.1. The number of amides is 1. The molecule has 0 aliphatic rings. The lowest BCUT2D eigenvalue weighted by Crippen LogP contribution is -2.19. The first kappa shape index (κ1) is 13.3. The molecule has 2 aromatic heterocycles. The van der Waals surface area contributed by atoms with E-state index < -0.39 is 0 Å². The van der Waals surface area contributed by atoms with Gasteiger partial charge in [-0.15, -0.1) is 5.10 Å². The van der Waals surface area contributed by atoms with Gasteiger partial charge in [0.15, 0.2) is 0 Å². The number of nitrogens with zero attached hydrogens (tertiary/aromatic N) is 4. The van der Waals surface area contributed by atoms with E-state index in [1.54, 1.807) is 19.4 Å². The Morgan fingerprint density at radius 3 is 3.00 bits per heavy atom. The lowest BCUT2D eigenvalue weighted by atomic mass is 10.1. The fourth-order valence-corrected chi connectivity index (χ4v) is 1.96. The van der Waals surface area contributed by atoms with Crippen LogP contribution in [0.4, 0.5) is 5.95 Å². The van der Waals surface area contributed by atoms with Crippen molar-refractivity contribution in [1.29, 1.82) is 0 Å². The average Bonchev–Trinajstić information content (AvgIpc) is 3.00. The highest BCUT2D eigenvalue weighted by Gasteiger charge is 2.15. The number of carbonyl (C=O) groups is 1. The Labute approximate surface area is 111 Å². The van der Waals surface area contributed by atoms with Crippen LogP contribution in [0, 0.1) is 6.92 Å². The van der Waals surface area contributed by atoms with E-state index in [2.05, 4.69) is 32.4 Å². The van der Waals surface area contributed by atoms with Gasteiger partial charge >= 0.3 is 0 Å². The largest absolute Gasteiger partial charge is 0.334 e. The third kappa shape index (κ3) is 3.64. The fraction of sp³-hybridized carbons (Fsp3) is 0.500.